The van der Waals surface area contributed by atoms with Crippen LogP contribution in [0.5, 0.6) is 0 Å². The number of aliphatic carboxylic acids is 4. The van der Waals surface area contributed by atoms with Crippen LogP contribution in [0.15, 0.2) is 0 Å². The van der Waals surface area contributed by atoms with Gasteiger partial charge in [-0.15, -0.1) is 0 Å². The number of nitrogens with two attached hydrogens (primary N) is 2. The fourth-order valence-electron chi connectivity index (χ4n) is 0.794. The molecule has 0 bridgehead atoms. The summed E-state index contributed by atoms with van der Waals surface area (Å²) in [6.07, 6.45) is -0.795. The molecular formula is C10H16CaN2O8. The first-order valence-electron chi connectivity index (χ1n) is 5.44. The van der Waals surface area contributed by atoms with Gasteiger partial charge >= 0.3 is 49.7 Å². The van der Waals surface area contributed by atoms with Gasteiger partial charge in [0.05, 0.1) is 0 Å². The van der Waals surface area contributed by atoms with Crippen molar-refractivity contribution in [1.29, 1.82) is 0 Å². The fraction of sp³-hybridized carbons (Fsp3) is 0.600. The molecule has 0 amide bonds. The van der Waals surface area contributed by atoms with E-state index < -0.39 is 36.0 Å². The summed E-state index contributed by atoms with van der Waals surface area (Å²) in [6.45, 7) is 0. The number of carboxylic acid groups (broad SMARTS) is 4. The number of hydrogen-bond acceptors (Lipinski definition) is 8. The van der Waals surface area contributed by atoms with Crippen LogP contribution in [-0.4, -0.2) is 83.9 Å². The third-order valence-electron chi connectivity index (χ3n) is 1.95. The summed E-state index contributed by atoms with van der Waals surface area (Å²) in [6, 6.07) is -2.20. The molecule has 0 saturated heterocycles. The van der Waals surface area contributed by atoms with Crippen molar-refractivity contribution >= 4 is 61.6 Å². The second kappa shape index (κ2) is 14.0. The average molecular weight is 332 g/mol. The maximum absolute atomic E-state index is 9.97. The second-order valence-corrected chi connectivity index (χ2v) is 3.71. The monoisotopic (exact) mass is 332 g/mol. The van der Waals surface area contributed by atoms with Crippen LogP contribution in [0.2, 0.25) is 0 Å². The summed E-state index contributed by atoms with van der Waals surface area (Å²) in [5.41, 5.74) is 9.95. The Morgan fingerprint density at radius 2 is 1.05 bits per heavy atom. The quantitative estimate of drug-likeness (QED) is 0.313. The van der Waals surface area contributed by atoms with E-state index in [0.29, 0.717) is 0 Å². The van der Waals surface area contributed by atoms with Crippen LogP contribution in [0, 0.1) is 0 Å². The van der Waals surface area contributed by atoms with Crippen LogP contribution in [0.3, 0.4) is 0 Å². The molecule has 0 aromatic heterocycles. The summed E-state index contributed by atoms with van der Waals surface area (Å²) < 4.78 is 0. The van der Waals surface area contributed by atoms with E-state index >= 15 is 0 Å². The normalized spacial score (nSPS) is 11.9. The molecule has 21 heavy (non-hydrogen) atoms. The second-order valence-electron chi connectivity index (χ2n) is 3.71. The molecule has 0 aromatic rings. The zero-order chi connectivity index (χ0) is 16.3. The SMILES string of the molecule is NC(CCC(=O)[O-])C(=O)O.NC(CCC(=O)[O-])C(=O)O.[Ca+2]. The van der Waals surface area contributed by atoms with E-state index in [1.54, 1.807) is 0 Å². The Balaban J connectivity index is -0.000000295. The first-order chi connectivity index (χ1) is 9.07. The van der Waals surface area contributed by atoms with Gasteiger partial charge in [0, 0.05) is 11.9 Å². The zero-order valence-electron chi connectivity index (χ0n) is 11.2. The molecule has 2 atom stereocenters. The van der Waals surface area contributed by atoms with Gasteiger partial charge < -0.3 is 41.5 Å². The predicted molar refractivity (Wildman–Crippen MR) is 65.5 cm³/mol. The van der Waals surface area contributed by atoms with Crippen LogP contribution in [0.25, 0.3) is 0 Å². The van der Waals surface area contributed by atoms with E-state index in [9.17, 15) is 29.4 Å². The number of carboxylic acids is 4. The van der Waals surface area contributed by atoms with Crippen molar-refractivity contribution in [1.82, 2.24) is 0 Å². The minimum Gasteiger partial charge on any atom is -0.550 e. The van der Waals surface area contributed by atoms with E-state index in [4.69, 9.17) is 21.7 Å². The van der Waals surface area contributed by atoms with Crippen molar-refractivity contribution in [2.45, 2.75) is 37.8 Å². The summed E-state index contributed by atoms with van der Waals surface area (Å²) in [5.74, 6) is -4.95. The molecule has 0 heterocycles. The van der Waals surface area contributed by atoms with Gasteiger partial charge in [-0.05, 0) is 25.7 Å². The van der Waals surface area contributed by atoms with Gasteiger partial charge in [-0.1, -0.05) is 0 Å². The van der Waals surface area contributed by atoms with Crippen molar-refractivity contribution in [2.24, 2.45) is 11.5 Å². The minimum atomic E-state index is -1.28. The number of hydrogen-bond donors (Lipinski definition) is 4. The van der Waals surface area contributed by atoms with Gasteiger partial charge in [0.2, 0.25) is 0 Å². The molecule has 0 aliphatic carbocycles. The molecule has 0 saturated carbocycles. The summed E-state index contributed by atoms with van der Waals surface area (Å²) in [7, 11) is 0. The predicted octanol–water partition coefficient (Wildman–Crippen LogP) is -4.52. The van der Waals surface area contributed by atoms with Crippen LogP contribution in [0.1, 0.15) is 25.7 Å². The summed E-state index contributed by atoms with van der Waals surface area (Å²) in [5, 5.41) is 35.8. The average Bonchev–Trinajstić information content (AvgIpc) is 2.33. The van der Waals surface area contributed by atoms with Crippen LogP contribution >= 0.6 is 0 Å². The van der Waals surface area contributed by atoms with Crippen molar-refractivity contribution in [2.75, 3.05) is 0 Å². The molecule has 0 spiro atoms. The molecule has 0 aliphatic rings. The van der Waals surface area contributed by atoms with Gasteiger partial charge in [-0.25, -0.2) is 0 Å². The van der Waals surface area contributed by atoms with E-state index in [1.807, 2.05) is 0 Å². The zero-order valence-corrected chi connectivity index (χ0v) is 13.4. The van der Waals surface area contributed by atoms with Crippen molar-refractivity contribution < 1.29 is 39.6 Å². The van der Waals surface area contributed by atoms with E-state index in [2.05, 4.69) is 0 Å². The molecular weight excluding hydrogens is 316 g/mol. The molecule has 10 nitrogen and oxygen atoms in total. The minimum absolute atomic E-state index is 0. The molecule has 0 aliphatic heterocycles. The maximum atomic E-state index is 9.97. The van der Waals surface area contributed by atoms with Gasteiger partial charge in [0.25, 0.3) is 0 Å². The molecule has 2 unspecified atom stereocenters. The Morgan fingerprint density at radius 3 is 1.19 bits per heavy atom. The number of rotatable bonds is 8. The van der Waals surface area contributed by atoms with Crippen LogP contribution in [-0.2, 0) is 19.2 Å². The Hall–Kier alpha value is -0.940. The molecule has 6 N–H and O–H groups in total. The summed E-state index contributed by atoms with van der Waals surface area (Å²) in [4.78, 5) is 39.5. The standard InChI is InChI=1S/2C5H9NO4.Ca/c2*6-3(5(9)10)1-2-4(7)8;/h2*3H,1-2,6H2,(H,7,8)(H,9,10);/q;;+2/p-2. The van der Waals surface area contributed by atoms with Gasteiger partial charge in [-0.2, -0.15) is 0 Å². The summed E-state index contributed by atoms with van der Waals surface area (Å²) >= 11 is 0. The van der Waals surface area contributed by atoms with Crippen molar-refractivity contribution in [3.05, 3.63) is 0 Å². The molecule has 0 radical (unpaired) electrons. The maximum Gasteiger partial charge on any atom is 2.00 e. The molecule has 0 rings (SSSR count). The van der Waals surface area contributed by atoms with Crippen molar-refractivity contribution in [3.63, 3.8) is 0 Å². The third-order valence-corrected chi connectivity index (χ3v) is 1.95. The Labute approximate surface area is 150 Å². The first-order valence-corrected chi connectivity index (χ1v) is 5.44. The first kappa shape index (κ1) is 25.0. The Kier molecular flexibility index (Phi) is 16.7. The van der Waals surface area contributed by atoms with Crippen molar-refractivity contribution in [3.8, 4) is 0 Å². The molecule has 0 aromatic carbocycles. The van der Waals surface area contributed by atoms with E-state index in [0.717, 1.165) is 0 Å². The van der Waals surface area contributed by atoms with Gasteiger partial charge in [-0.3, -0.25) is 9.59 Å². The number of carbonyl (C=O) groups is 4. The van der Waals surface area contributed by atoms with E-state index in [-0.39, 0.29) is 63.4 Å². The van der Waals surface area contributed by atoms with Crippen LogP contribution in [0.4, 0.5) is 0 Å². The Bertz CT molecular complexity index is 329. The third kappa shape index (κ3) is 19.1. The molecule has 116 valence electrons. The van der Waals surface area contributed by atoms with Crippen LogP contribution < -0.4 is 21.7 Å². The molecule has 11 heteroatoms. The fourth-order valence-corrected chi connectivity index (χ4v) is 0.794. The van der Waals surface area contributed by atoms with E-state index in [1.165, 1.54) is 0 Å². The Morgan fingerprint density at radius 1 is 0.810 bits per heavy atom. The topological polar surface area (TPSA) is 207 Å². The smallest absolute Gasteiger partial charge is 0.550 e. The van der Waals surface area contributed by atoms with Gasteiger partial charge in [0.15, 0.2) is 0 Å². The largest absolute Gasteiger partial charge is 2.00 e. The van der Waals surface area contributed by atoms with Gasteiger partial charge in [0.1, 0.15) is 12.1 Å². The number of carbonyl (C=O) groups excluding carboxylic acids is 2. The molecule has 0 fully saturated rings.